The highest BCUT2D eigenvalue weighted by molar-refractivity contribution is 5.54. The van der Waals surface area contributed by atoms with Crippen molar-refractivity contribution in [2.24, 2.45) is 10.8 Å². The van der Waals surface area contributed by atoms with Crippen molar-refractivity contribution in [3.8, 4) is 11.8 Å². The van der Waals surface area contributed by atoms with Crippen LogP contribution in [0.4, 0.5) is 5.69 Å². The van der Waals surface area contributed by atoms with Gasteiger partial charge in [0.15, 0.2) is 0 Å². The van der Waals surface area contributed by atoms with Crippen LogP contribution in [0.3, 0.4) is 0 Å². The van der Waals surface area contributed by atoms with Gasteiger partial charge in [-0.1, -0.05) is 35.2 Å². The summed E-state index contributed by atoms with van der Waals surface area (Å²) in [7, 11) is 0. The van der Waals surface area contributed by atoms with Crippen molar-refractivity contribution in [2.75, 3.05) is 6.54 Å². The molecule has 0 aromatic heterocycles. The van der Waals surface area contributed by atoms with Gasteiger partial charge >= 0.3 is 0 Å². The number of nitrogens with zero attached hydrogens (tertiary/aromatic N) is 3. The Morgan fingerprint density at radius 1 is 1.46 bits per heavy atom. The minimum absolute atomic E-state index is 0.296. The first-order valence-corrected chi connectivity index (χ1v) is 3.71. The Bertz CT molecular complexity index is 394. The van der Waals surface area contributed by atoms with Crippen molar-refractivity contribution in [3.05, 3.63) is 40.3 Å². The van der Waals surface area contributed by atoms with E-state index < -0.39 is 0 Å². The normalized spacial score (nSPS) is 8.08. The fourth-order valence-electron chi connectivity index (χ4n) is 0.861. The fraction of sp³-hybridized carbons (Fsp3) is 0.111. The van der Waals surface area contributed by atoms with Crippen molar-refractivity contribution >= 4 is 5.69 Å². The highest BCUT2D eigenvalue weighted by Gasteiger charge is 1.93. The van der Waals surface area contributed by atoms with Crippen LogP contribution in [0.2, 0.25) is 0 Å². The molecule has 0 heterocycles. The van der Waals surface area contributed by atoms with E-state index in [2.05, 4.69) is 21.9 Å². The van der Waals surface area contributed by atoms with E-state index >= 15 is 0 Å². The maximum absolute atomic E-state index is 8.26. The summed E-state index contributed by atoms with van der Waals surface area (Å²) in [5.41, 5.74) is 14.7. The second-order valence-electron chi connectivity index (χ2n) is 2.21. The molecular formula is C9H8N4. The number of benzene rings is 1. The molecule has 4 nitrogen and oxygen atoms in total. The quantitative estimate of drug-likeness (QED) is 0.299. The summed E-state index contributed by atoms with van der Waals surface area (Å²) in [6, 6.07) is 7.11. The summed E-state index contributed by atoms with van der Waals surface area (Å²) in [5.74, 6) is 5.52. The van der Waals surface area contributed by atoms with Gasteiger partial charge in [0.1, 0.15) is 0 Å². The molecule has 0 spiro atoms. The van der Waals surface area contributed by atoms with E-state index in [9.17, 15) is 0 Å². The van der Waals surface area contributed by atoms with E-state index in [1.54, 1.807) is 18.2 Å². The summed E-state index contributed by atoms with van der Waals surface area (Å²) in [6.45, 7) is 0.296. The lowest BCUT2D eigenvalue weighted by molar-refractivity contribution is 1.30. The Morgan fingerprint density at radius 3 is 2.92 bits per heavy atom. The molecule has 0 aliphatic heterocycles. The van der Waals surface area contributed by atoms with Gasteiger partial charge < -0.3 is 5.73 Å². The molecule has 0 fully saturated rings. The van der Waals surface area contributed by atoms with E-state index in [1.807, 2.05) is 6.07 Å². The lowest BCUT2D eigenvalue weighted by Gasteiger charge is -1.94. The fourth-order valence-corrected chi connectivity index (χ4v) is 0.861. The third kappa shape index (κ3) is 2.53. The lowest BCUT2D eigenvalue weighted by Crippen LogP contribution is -1.92. The van der Waals surface area contributed by atoms with Crippen LogP contribution in [0.5, 0.6) is 0 Å². The molecule has 0 saturated heterocycles. The summed E-state index contributed by atoms with van der Waals surface area (Å²) in [6.07, 6.45) is 0. The van der Waals surface area contributed by atoms with E-state index in [0.29, 0.717) is 17.8 Å². The molecule has 1 aromatic rings. The Labute approximate surface area is 76.0 Å². The van der Waals surface area contributed by atoms with Crippen molar-refractivity contribution in [1.29, 1.82) is 0 Å². The Kier molecular flexibility index (Phi) is 3.40. The van der Waals surface area contributed by atoms with Gasteiger partial charge in [-0.3, -0.25) is 0 Å². The second-order valence-corrected chi connectivity index (χ2v) is 2.21. The number of hydrogen-bond donors (Lipinski definition) is 1. The van der Waals surface area contributed by atoms with E-state index in [-0.39, 0.29) is 0 Å². The predicted molar refractivity (Wildman–Crippen MR) is 51.2 cm³/mol. The van der Waals surface area contributed by atoms with Crippen molar-refractivity contribution in [3.63, 3.8) is 0 Å². The molecular weight excluding hydrogens is 164 g/mol. The maximum atomic E-state index is 8.26. The van der Waals surface area contributed by atoms with Gasteiger partial charge in [-0.2, -0.15) is 0 Å². The van der Waals surface area contributed by atoms with Crippen LogP contribution in [0, 0.1) is 11.8 Å². The van der Waals surface area contributed by atoms with Crippen LogP contribution < -0.4 is 5.73 Å². The molecule has 0 aliphatic rings. The third-order valence-corrected chi connectivity index (χ3v) is 1.38. The molecule has 0 radical (unpaired) electrons. The third-order valence-electron chi connectivity index (χ3n) is 1.38. The zero-order valence-electron chi connectivity index (χ0n) is 6.94. The number of azide groups is 1. The maximum Gasteiger partial charge on any atom is 0.0555 e. The van der Waals surface area contributed by atoms with E-state index in [0.717, 1.165) is 0 Å². The van der Waals surface area contributed by atoms with Crippen molar-refractivity contribution in [2.45, 2.75) is 0 Å². The van der Waals surface area contributed by atoms with Gasteiger partial charge in [0.25, 0.3) is 0 Å². The first-order chi connectivity index (χ1) is 6.38. The monoisotopic (exact) mass is 172 g/mol. The molecule has 2 N–H and O–H groups in total. The summed E-state index contributed by atoms with van der Waals surface area (Å²) in [5, 5.41) is 3.50. The molecule has 64 valence electrons. The van der Waals surface area contributed by atoms with E-state index in [4.69, 9.17) is 11.3 Å². The first kappa shape index (κ1) is 9.14. The molecule has 0 unspecified atom stereocenters. The Hall–Kier alpha value is -1.95. The minimum atomic E-state index is 0.296. The largest absolute Gasteiger partial charge is 0.320 e. The molecule has 0 atom stereocenters. The summed E-state index contributed by atoms with van der Waals surface area (Å²) >= 11 is 0. The van der Waals surface area contributed by atoms with Gasteiger partial charge in [-0.15, -0.1) is 0 Å². The molecule has 13 heavy (non-hydrogen) atoms. The predicted octanol–water partition coefficient (Wildman–Crippen LogP) is 1.94. The highest BCUT2D eigenvalue weighted by atomic mass is 15.1. The van der Waals surface area contributed by atoms with Gasteiger partial charge in [0.2, 0.25) is 0 Å². The van der Waals surface area contributed by atoms with Gasteiger partial charge in [0, 0.05) is 10.5 Å². The topological polar surface area (TPSA) is 74.8 Å². The Balaban J connectivity index is 3.11. The average molecular weight is 172 g/mol. The zero-order chi connectivity index (χ0) is 9.52. The SMILES string of the molecule is [N-]=[N+]=Nc1ccccc1C#CCN. The molecule has 1 rings (SSSR count). The summed E-state index contributed by atoms with van der Waals surface area (Å²) < 4.78 is 0. The molecule has 1 aromatic carbocycles. The van der Waals surface area contributed by atoms with E-state index in [1.165, 1.54) is 0 Å². The molecule has 0 saturated carbocycles. The minimum Gasteiger partial charge on any atom is -0.320 e. The van der Waals surface area contributed by atoms with Crippen LogP contribution in [-0.4, -0.2) is 6.54 Å². The molecule has 0 bridgehead atoms. The smallest absolute Gasteiger partial charge is 0.0555 e. The van der Waals surface area contributed by atoms with Crippen LogP contribution in [0.15, 0.2) is 29.4 Å². The highest BCUT2D eigenvalue weighted by Crippen LogP contribution is 2.16. The Morgan fingerprint density at radius 2 is 2.23 bits per heavy atom. The molecule has 0 aliphatic carbocycles. The second kappa shape index (κ2) is 4.83. The summed E-state index contributed by atoms with van der Waals surface area (Å²) in [4.78, 5) is 2.70. The van der Waals surface area contributed by atoms with Crippen molar-refractivity contribution < 1.29 is 0 Å². The van der Waals surface area contributed by atoms with Crippen LogP contribution in [0.25, 0.3) is 10.4 Å². The van der Waals surface area contributed by atoms with Gasteiger partial charge in [-0.25, -0.2) is 0 Å². The average Bonchev–Trinajstić information content (AvgIpc) is 2.17. The number of rotatable bonds is 1. The van der Waals surface area contributed by atoms with Gasteiger partial charge in [0.05, 0.1) is 12.2 Å². The van der Waals surface area contributed by atoms with Gasteiger partial charge in [-0.05, 0) is 11.6 Å². The first-order valence-electron chi connectivity index (χ1n) is 3.71. The molecule has 0 amide bonds. The lowest BCUT2D eigenvalue weighted by atomic mass is 10.2. The van der Waals surface area contributed by atoms with Crippen LogP contribution in [-0.2, 0) is 0 Å². The van der Waals surface area contributed by atoms with Crippen LogP contribution >= 0.6 is 0 Å². The number of hydrogen-bond acceptors (Lipinski definition) is 2. The molecule has 4 heteroatoms. The number of nitrogens with two attached hydrogens (primary N) is 1. The standard InChI is InChI=1S/C9H8N4/c10-7-3-5-8-4-1-2-6-9(8)12-13-11/h1-2,4,6H,7,10H2. The van der Waals surface area contributed by atoms with Crippen LogP contribution in [0.1, 0.15) is 5.56 Å². The van der Waals surface area contributed by atoms with Crippen molar-refractivity contribution in [1.82, 2.24) is 0 Å². The zero-order valence-corrected chi connectivity index (χ0v) is 6.94.